The zero-order valence-electron chi connectivity index (χ0n) is 18.5. The predicted molar refractivity (Wildman–Crippen MR) is 121 cm³/mol. The maximum atomic E-state index is 13.0. The summed E-state index contributed by atoms with van der Waals surface area (Å²) in [5.41, 5.74) is 4.48. The van der Waals surface area contributed by atoms with E-state index in [2.05, 4.69) is 17.4 Å². The second kappa shape index (κ2) is 10.0. The summed E-state index contributed by atoms with van der Waals surface area (Å²) in [7, 11) is 1.48. The highest BCUT2D eigenvalue weighted by Crippen LogP contribution is 2.44. The standard InChI is InChI=1S/C25H28N2O6/c1-32-13-12-27(14-22(28)29)24(30)23(16-10-11-16)26-25(31)33-15-21-19-8-4-2-6-17(19)18-7-3-5-9-20(18)21/h2-9,16,21,23H,10-15H2,1H3,(H,26,31)(H,28,29). The number of hydrogen-bond acceptors (Lipinski definition) is 5. The topological polar surface area (TPSA) is 105 Å². The SMILES string of the molecule is COCCN(CC(=O)O)C(=O)C(NC(=O)OCC1c2ccccc2-c2ccccc21)C1CC1. The van der Waals surface area contributed by atoms with Crippen LogP contribution in [0.3, 0.4) is 0 Å². The Hall–Kier alpha value is -3.39. The van der Waals surface area contributed by atoms with Crippen molar-refractivity contribution < 1.29 is 29.0 Å². The number of nitrogens with zero attached hydrogens (tertiary/aromatic N) is 1. The number of carboxylic acids is 1. The van der Waals surface area contributed by atoms with Gasteiger partial charge in [0.25, 0.3) is 0 Å². The number of carbonyl (C=O) groups excluding carboxylic acids is 2. The summed E-state index contributed by atoms with van der Waals surface area (Å²) in [6.07, 6.45) is 0.917. The number of ether oxygens (including phenoxy) is 2. The number of carbonyl (C=O) groups is 3. The number of alkyl carbamates (subject to hydrolysis) is 1. The van der Waals surface area contributed by atoms with Gasteiger partial charge in [-0.2, -0.15) is 0 Å². The summed E-state index contributed by atoms with van der Waals surface area (Å²) in [5.74, 6) is -1.64. The molecule has 1 fully saturated rings. The molecular formula is C25H28N2O6. The molecule has 2 aliphatic rings. The van der Waals surface area contributed by atoms with Gasteiger partial charge in [0.1, 0.15) is 19.2 Å². The highest BCUT2D eigenvalue weighted by atomic mass is 16.5. The molecule has 4 rings (SSSR count). The average Bonchev–Trinajstić information content (AvgIpc) is 3.61. The molecule has 0 aliphatic heterocycles. The molecule has 2 aromatic rings. The van der Waals surface area contributed by atoms with E-state index in [-0.39, 0.29) is 31.6 Å². The fourth-order valence-corrected chi connectivity index (χ4v) is 4.41. The van der Waals surface area contributed by atoms with Crippen LogP contribution in [0.2, 0.25) is 0 Å². The maximum Gasteiger partial charge on any atom is 0.407 e. The highest BCUT2D eigenvalue weighted by Gasteiger charge is 2.40. The summed E-state index contributed by atoms with van der Waals surface area (Å²) in [5, 5.41) is 11.9. The molecule has 0 spiro atoms. The Bertz CT molecular complexity index is 990. The Morgan fingerprint density at radius 2 is 1.67 bits per heavy atom. The average molecular weight is 453 g/mol. The molecule has 1 unspecified atom stereocenters. The molecule has 2 aromatic carbocycles. The van der Waals surface area contributed by atoms with E-state index in [1.54, 1.807) is 0 Å². The van der Waals surface area contributed by atoms with Gasteiger partial charge in [-0.05, 0) is 41.0 Å². The summed E-state index contributed by atoms with van der Waals surface area (Å²) in [6.45, 7) is 0.0459. The number of aliphatic carboxylic acids is 1. The van der Waals surface area contributed by atoms with Crippen molar-refractivity contribution in [3.05, 3.63) is 59.7 Å². The first-order valence-corrected chi connectivity index (χ1v) is 11.1. The van der Waals surface area contributed by atoms with Gasteiger partial charge in [-0.3, -0.25) is 9.59 Å². The van der Waals surface area contributed by atoms with Crippen LogP contribution in [-0.2, 0) is 19.1 Å². The third-order valence-electron chi connectivity index (χ3n) is 6.18. The van der Waals surface area contributed by atoms with Crippen molar-refractivity contribution in [3.8, 4) is 11.1 Å². The fraction of sp³-hybridized carbons (Fsp3) is 0.400. The molecule has 0 heterocycles. The predicted octanol–water partition coefficient (Wildman–Crippen LogP) is 2.86. The summed E-state index contributed by atoms with van der Waals surface area (Å²) in [6, 6.07) is 15.3. The number of methoxy groups -OCH3 is 1. The Balaban J connectivity index is 1.42. The Labute approximate surface area is 192 Å². The van der Waals surface area contributed by atoms with Crippen molar-refractivity contribution in [3.63, 3.8) is 0 Å². The first kappa shape index (κ1) is 22.8. The second-order valence-electron chi connectivity index (χ2n) is 8.43. The maximum absolute atomic E-state index is 13.0. The van der Waals surface area contributed by atoms with Crippen LogP contribution in [0.5, 0.6) is 0 Å². The number of nitrogens with one attached hydrogen (secondary N) is 1. The van der Waals surface area contributed by atoms with Gasteiger partial charge < -0.3 is 24.8 Å². The molecule has 174 valence electrons. The lowest BCUT2D eigenvalue weighted by Gasteiger charge is -2.26. The largest absolute Gasteiger partial charge is 0.480 e. The highest BCUT2D eigenvalue weighted by molar-refractivity contribution is 5.88. The van der Waals surface area contributed by atoms with Crippen LogP contribution >= 0.6 is 0 Å². The zero-order chi connectivity index (χ0) is 23.4. The Morgan fingerprint density at radius 3 is 2.21 bits per heavy atom. The first-order valence-electron chi connectivity index (χ1n) is 11.1. The molecule has 8 nitrogen and oxygen atoms in total. The van der Waals surface area contributed by atoms with Crippen molar-refractivity contribution in [2.75, 3.05) is 33.4 Å². The summed E-state index contributed by atoms with van der Waals surface area (Å²) >= 11 is 0. The molecule has 2 amide bonds. The van der Waals surface area contributed by atoms with E-state index in [9.17, 15) is 14.4 Å². The van der Waals surface area contributed by atoms with E-state index in [1.807, 2.05) is 36.4 Å². The van der Waals surface area contributed by atoms with E-state index in [4.69, 9.17) is 14.6 Å². The van der Waals surface area contributed by atoms with Crippen LogP contribution in [0, 0.1) is 5.92 Å². The van der Waals surface area contributed by atoms with Crippen molar-refractivity contribution in [2.24, 2.45) is 5.92 Å². The minimum Gasteiger partial charge on any atom is -0.480 e. The molecule has 8 heteroatoms. The molecule has 0 aromatic heterocycles. The zero-order valence-corrected chi connectivity index (χ0v) is 18.5. The number of amides is 2. The smallest absolute Gasteiger partial charge is 0.407 e. The lowest BCUT2D eigenvalue weighted by Crippen LogP contribution is -2.52. The van der Waals surface area contributed by atoms with Crippen LogP contribution in [-0.4, -0.2) is 67.4 Å². The molecular weight excluding hydrogens is 424 g/mol. The Morgan fingerprint density at radius 1 is 1.06 bits per heavy atom. The quantitative estimate of drug-likeness (QED) is 0.574. The van der Waals surface area contributed by atoms with E-state index >= 15 is 0 Å². The molecule has 0 bridgehead atoms. The summed E-state index contributed by atoms with van der Waals surface area (Å²) in [4.78, 5) is 38.1. The fourth-order valence-electron chi connectivity index (χ4n) is 4.41. The molecule has 0 saturated heterocycles. The normalized spacial score (nSPS) is 15.3. The van der Waals surface area contributed by atoms with Gasteiger partial charge in [0, 0.05) is 19.6 Å². The lowest BCUT2D eigenvalue weighted by atomic mass is 9.98. The van der Waals surface area contributed by atoms with Crippen LogP contribution < -0.4 is 5.32 Å². The number of benzene rings is 2. The van der Waals surface area contributed by atoms with E-state index < -0.39 is 30.6 Å². The monoisotopic (exact) mass is 452 g/mol. The van der Waals surface area contributed by atoms with Gasteiger partial charge in [0.05, 0.1) is 6.61 Å². The van der Waals surface area contributed by atoms with Crippen molar-refractivity contribution in [1.82, 2.24) is 10.2 Å². The van der Waals surface area contributed by atoms with Crippen molar-refractivity contribution in [1.29, 1.82) is 0 Å². The second-order valence-corrected chi connectivity index (χ2v) is 8.43. The van der Waals surface area contributed by atoms with Gasteiger partial charge in [0.15, 0.2) is 0 Å². The number of hydrogen-bond donors (Lipinski definition) is 2. The minimum absolute atomic E-state index is 0.0168. The Kier molecular flexibility index (Phi) is 6.93. The number of carboxylic acid groups (broad SMARTS) is 1. The molecule has 1 saturated carbocycles. The summed E-state index contributed by atoms with van der Waals surface area (Å²) < 4.78 is 10.6. The van der Waals surface area contributed by atoms with E-state index in [0.29, 0.717) is 0 Å². The van der Waals surface area contributed by atoms with Crippen LogP contribution in [0.25, 0.3) is 11.1 Å². The van der Waals surface area contributed by atoms with Gasteiger partial charge >= 0.3 is 12.1 Å². The molecule has 1 atom stereocenters. The van der Waals surface area contributed by atoms with Crippen molar-refractivity contribution >= 4 is 18.0 Å². The number of fused-ring (bicyclic) bond motifs is 3. The molecule has 33 heavy (non-hydrogen) atoms. The van der Waals surface area contributed by atoms with Gasteiger partial charge in [-0.15, -0.1) is 0 Å². The molecule has 2 N–H and O–H groups in total. The lowest BCUT2D eigenvalue weighted by molar-refractivity contribution is -0.146. The third-order valence-corrected chi connectivity index (χ3v) is 6.18. The van der Waals surface area contributed by atoms with E-state index in [0.717, 1.165) is 35.1 Å². The first-order chi connectivity index (χ1) is 16.0. The van der Waals surface area contributed by atoms with Crippen LogP contribution in [0.4, 0.5) is 4.79 Å². The van der Waals surface area contributed by atoms with Crippen molar-refractivity contribution in [2.45, 2.75) is 24.8 Å². The van der Waals surface area contributed by atoms with Crippen LogP contribution in [0.1, 0.15) is 29.9 Å². The van der Waals surface area contributed by atoms with Gasteiger partial charge in [-0.1, -0.05) is 48.5 Å². The minimum atomic E-state index is -1.12. The van der Waals surface area contributed by atoms with Crippen LogP contribution in [0.15, 0.2) is 48.5 Å². The van der Waals surface area contributed by atoms with E-state index in [1.165, 1.54) is 12.0 Å². The molecule has 0 radical (unpaired) electrons. The molecule has 2 aliphatic carbocycles. The number of rotatable bonds is 10. The van der Waals surface area contributed by atoms with Gasteiger partial charge in [-0.25, -0.2) is 4.79 Å². The van der Waals surface area contributed by atoms with Gasteiger partial charge in [0.2, 0.25) is 5.91 Å². The third kappa shape index (κ3) is 5.17.